The summed E-state index contributed by atoms with van der Waals surface area (Å²) in [6, 6.07) is 16.7. The van der Waals surface area contributed by atoms with Crippen LogP contribution in [0.3, 0.4) is 0 Å². The Morgan fingerprint density at radius 3 is 1.97 bits per heavy atom. The maximum atomic E-state index is 12.6. The number of hydrogen-bond acceptors (Lipinski definition) is 2. The number of benzene rings is 2. The van der Waals surface area contributed by atoms with E-state index >= 15 is 0 Å². The number of unbranched alkanes of at least 4 members (excludes halogenated alkanes) is 9. The molecular formula is C29H39N3O2. The van der Waals surface area contributed by atoms with E-state index in [1.165, 1.54) is 74.5 Å². The summed E-state index contributed by atoms with van der Waals surface area (Å²) in [6.45, 7) is 4.10. The number of nitrogens with one attached hydrogen (secondary N) is 2. The summed E-state index contributed by atoms with van der Waals surface area (Å²) < 4.78 is 1.46. The molecule has 0 fully saturated rings. The lowest BCUT2D eigenvalue weighted by molar-refractivity contribution is 0.102. The highest BCUT2D eigenvalue weighted by atomic mass is 16.1. The van der Waals surface area contributed by atoms with Crippen LogP contribution >= 0.6 is 0 Å². The van der Waals surface area contributed by atoms with Crippen LogP contribution in [0, 0.1) is 6.92 Å². The third-order valence-electron chi connectivity index (χ3n) is 6.27. The van der Waals surface area contributed by atoms with E-state index in [0.29, 0.717) is 11.3 Å². The molecule has 5 heteroatoms. The quantitative estimate of drug-likeness (QED) is 0.249. The molecule has 0 aliphatic carbocycles. The van der Waals surface area contributed by atoms with Crippen LogP contribution in [0.1, 0.15) is 92.7 Å². The van der Waals surface area contributed by atoms with Crippen LogP contribution in [-0.2, 0) is 6.42 Å². The van der Waals surface area contributed by atoms with Crippen LogP contribution in [0.15, 0.2) is 59.4 Å². The van der Waals surface area contributed by atoms with Crippen molar-refractivity contribution in [2.24, 2.45) is 0 Å². The SMILES string of the molecule is CCCCCCCCCCCCc1ccc(NC(=O)c2ccc(-n3[nH]c(C)cc3=O)cc2)cc1. The number of aryl methyl sites for hydroxylation is 2. The standard InChI is InChI=1S/C29H39N3O2/c1-3-4-5-6-7-8-9-10-11-12-13-24-14-18-26(19-15-24)30-29(34)25-16-20-27(21-17-25)32-28(33)22-23(2)31-32/h14-22,31H,3-13H2,1-2H3,(H,30,34). The number of carbonyl (C=O) groups excluding carboxylic acids is 1. The lowest BCUT2D eigenvalue weighted by atomic mass is 10.0. The Labute approximate surface area is 203 Å². The maximum absolute atomic E-state index is 12.6. The molecule has 3 rings (SSSR count). The van der Waals surface area contributed by atoms with Crippen LogP contribution in [0.5, 0.6) is 0 Å². The summed E-state index contributed by atoms with van der Waals surface area (Å²) in [4.78, 5) is 24.5. The number of H-pyrrole nitrogens is 1. The van der Waals surface area contributed by atoms with Gasteiger partial charge in [-0.3, -0.25) is 14.7 Å². The molecule has 1 heterocycles. The monoisotopic (exact) mass is 461 g/mol. The molecule has 2 aromatic carbocycles. The van der Waals surface area contributed by atoms with Crippen LogP contribution in [-0.4, -0.2) is 15.7 Å². The fourth-order valence-electron chi connectivity index (χ4n) is 4.24. The van der Waals surface area contributed by atoms with E-state index in [4.69, 9.17) is 0 Å². The number of aromatic nitrogens is 2. The molecule has 182 valence electrons. The van der Waals surface area contributed by atoms with Crippen molar-refractivity contribution in [2.75, 3.05) is 5.32 Å². The molecule has 5 nitrogen and oxygen atoms in total. The summed E-state index contributed by atoms with van der Waals surface area (Å²) in [7, 11) is 0. The average molecular weight is 462 g/mol. The number of amides is 1. The van der Waals surface area contributed by atoms with E-state index < -0.39 is 0 Å². The zero-order valence-corrected chi connectivity index (χ0v) is 20.7. The molecule has 0 unspecified atom stereocenters. The highest BCUT2D eigenvalue weighted by Crippen LogP contribution is 2.16. The van der Waals surface area contributed by atoms with E-state index in [1.54, 1.807) is 30.3 Å². The second kappa shape index (κ2) is 13.6. The molecule has 3 aromatic rings. The Hall–Kier alpha value is -3.08. The first-order chi connectivity index (χ1) is 16.6. The van der Waals surface area contributed by atoms with Gasteiger partial charge in [0.2, 0.25) is 0 Å². The number of hydrogen-bond donors (Lipinski definition) is 2. The third kappa shape index (κ3) is 8.05. The zero-order valence-electron chi connectivity index (χ0n) is 20.7. The predicted molar refractivity (Wildman–Crippen MR) is 141 cm³/mol. The average Bonchev–Trinajstić information content (AvgIpc) is 3.19. The van der Waals surface area contributed by atoms with E-state index in [2.05, 4.69) is 29.5 Å². The number of aromatic amines is 1. The molecule has 0 atom stereocenters. The van der Waals surface area contributed by atoms with Gasteiger partial charge < -0.3 is 5.32 Å². The van der Waals surface area contributed by atoms with Crippen LogP contribution in [0.4, 0.5) is 5.69 Å². The molecule has 0 radical (unpaired) electrons. The van der Waals surface area contributed by atoms with E-state index in [-0.39, 0.29) is 11.5 Å². The van der Waals surface area contributed by atoms with Gasteiger partial charge in [0.1, 0.15) is 0 Å². The molecule has 0 saturated carbocycles. The highest BCUT2D eigenvalue weighted by molar-refractivity contribution is 6.04. The van der Waals surface area contributed by atoms with Gasteiger partial charge in [0, 0.05) is 23.0 Å². The number of anilines is 1. The van der Waals surface area contributed by atoms with Gasteiger partial charge in [-0.2, -0.15) is 0 Å². The molecule has 34 heavy (non-hydrogen) atoms. The smallest absolute Gasteiger partial charge is 0.271 e. The Kier molecular flexibility index (Phi) is 10.2. The van der Waals surface area contributed by atoms with E-state index in [1.807, 2.05) is 19.1 Å². The van der Waals surface area contributed by atoms with Gasteiger partial charge in [-0.1, -0.05) is 76.8 Å². The topological polar surface area (TPSA) is 66.9 Å². The van der Waals surface area contributed by atoms with Gasteiger partial charge >= 0.3 is 0 Å². The van der Waals surface area contributed by atoms with Crippen molar-refractivity contribution in [3.8, 4) is 5.69 Å². The lowest BCUT2D eigenvalue weighted by Gasteiger charge is -2.08. The Bertz CT molecular complexity index is 1060. The van der Waals surface area contributed by atoms with Crippen LogP contribution < -0.4 is 10.9 Å². The predicted octanol–water partition coefficient (Wildman–Crippen LogP) is 7.19. The second-order valence-corrected chi connectivity index (χ2v) is 9.24. The second-order valence-electron chi connectivity index (χ2n) is 9.24. The Balaban J connectivity index is 1.37. The molecular weight excluding hydrogens is 422 g/mol. The Morgan fingerprint density at radius 2 is 1.41 bits per heavy atom. The number of rotatable bonds is 14. The normalized spacial score (nSPS) is 11.0. The summed E-state index contributed by atoms with van der Waals surface area (Å²) >= 11 is 0. The highest BCUT2D eigenvalue weighted by Gasteiger charge is 2.08. The Morgan fingerprint density at radius 1 is 0.824 bits per heavy atom. The summed E-state index contributed by atoms with van der Waals surface area (Å²) in [6.07, 6.45) is 14.6. The minimum atomic E-state index is -0.163. The third-order valence-corrected chi connectivity index (χ3v) is 6.27. The maximum Gasteiger partial charge on any atom is 0.271 e. The molecule has 0 spiro atoms. The van der Waals surface area contributed by atoms with Crippen molar-refractivity contribution in [1.29, 1.82) is 0 Å². The minimum absolute atomic E-state index is 0.118. The van der Waals surface area contributed by atoms with E-state index in [9.17, 15) is 9.59 Å². The molecule has 0 saturated heterocycles. The first-order valence-electron chi connectivity index (χ1n) is 12.9. The van der Waals surface area contributed by atoms with Gasteiger partial charge in [0.15, 0.2) is 0 Å². The molecule has 0 aliphatic heterocycles. The van der Waals surface area contributed by atoms with Gasteiger partial charge in [-0.15, -0.1) is 0 Å². The van der Waals surface area contributed by atoms with Crippen molar-refractivity contribution in [3.05, 3.63) is 81.8 Å². The van der Waals surface area contributed by atoms with Gasteiger partial charge in [-0.25, -0.2) is 4.68 Å². The van der Waals surface area contributed by atoms with Crippen molar-refractivity contribution in [3.63, 3.8) is 0 Å². The molecule has 1 aromatic heterocycles. The lowest BCUT2D eigenvalue weighted by Crippen LogP contribution is -2.15. The number of carbonyl (C=O) groups is 1. The van der Waals surface area contributed by atoms with Gasteiger partial charge in [0.25, 0.3) is 11.5 Å². The summed E-state index contributed by atoms with van der Waals surface area (Å²) in [5, 5.41) is 5.95. The fraction of sp³-hybridized carbons (Fsp3) is 0.448. The van der Waals surface area contributed by atoms with Gasteiger partial charge in [0.05, 0.1) is 5.69 Å². The summed E-state index contributed by atoms with van der Waals surface area (Å²) in [5.74, 6) is -0.163. The summed E-state index contributed by atoms with van der Waals surface area (Å²) in [5.41, 5.74) is 4.03. The van der Waals surface area contributed by atoms with Crippen molar-refractivity contribution in [2.45, 2.75) is 84.5 Å². The zero-order chi connectivity index (χ0) is 24.2. The van der Waals surface area contributed by atoms with Gasteiger partial charge in [-0.05, 0) is 61.7 Å². The van der Waals surface area contributed by atoms with Crippen LogP contribution in [0.2, 0.25) is 0 Å². The van der Waals surface area contributed by atoms with Crippen molar-refractivity contribution in [1.82, 2.24) is 9.78 Å². The molecule has 1 amide bonds. The first-order valence-corrected chi connectivity index (χ1v) is 12.9. The molecule has 2 N–H and O–H groups in total. The minimum Gasteiger partial charge on any atom is -0.322 e. The molecule has 0 aliphatic rings. The first kappa shape index (κ1) is 25.5. The largest absolute Gasteiger partial charge is 0.322 e. The number of nitrogens with zero attached hydrogens (tertiary/aromatic N) is 1. The van der Waals surface area contributed by atoms with E-state index in [0.717, 1.165) is 17.8 Å². The van der Waals surface area contributed by atoms with Crippen molar-refractivity contribution >= 4 is 11.6 Å². The fourth-order valence-corrected chi connectivity index (χ4v) is 4.24. The van der Waals surface area contributed by atoms with Crippen molar-refractivity contribution < 1.29 is 4.79 Å². The van der Waals surface area contributed by atoms with Crippen LogP contribution in [0.25, 0.3) is 5.69 Å². The molecule has 0 bridgehead atoms.